The van der Waals surface area contributed by atoms with E-state index in [1.54, 1.807) is 13.3 Å². The van der Waals surface area contributed by atoms with Crippen LogP contribution < -0.4 is 9.64 Å². The van der Waals surface area contributed by atoms with E-state index in [0.717, 1.165) is 53.2 Å². The van der Waals surface area contributed by atoms with Crippen molar-refractivity contribution < 1.29 is 14.1 Å². The van der Waals surface area contributed by atoms with Gasteiger partial charge in [0.1, 0.15) is 5.75 Å². The Kier molecular flexibility index (Phi) is 6.62. The Hall–Kier alpha value is -3.42. The van der Waals surface area contributed by atoms with Crippen LogP contribution in [-0.2, 0) is 11.2 Å². The van der Waals surface area contributed by atoms with Crippen LogP contribution in [-0.4, -0.2) is 53.7 Å². The first-order valence-electron chi connectivity index (χ1n) is 11.3. The van der Waals surface area contributed by atoms with Crippen LogP contribution in [0.3, 0.4) is 0 Å². The number of hydrogen-bond donors (Lipinski definition) is 0. The van der Waals surface area contributed by atoms with Crippen molar-refractivity contribution in [3.63, 3.8) is 0 Å². The molecule has 0 bridgehead atoms. The molecule has 1 aliphatic rings. The number of ether oxygens (including phenoxy) is 1. The number of aryl methyl sites for hydroxylation is 2. The number of aromatic nitrogens is 3. The van der Waals surface area contributed by atoms with E-state index in [-0.39, 0.29) is 11.9 Å². The van der Waals surface area contributed by atoms with Crippen LogP contribution in [0.5, 0.6) is 5.75 Å². The topological polar surface area (TPSA) is 84.6 Å². The Bertz CT molecular complexity index is 1120. The molecule has 1 atom stereocenters. The van der Waals surface area contributed by atoms with Crippen molar-refractivity contribution in [3.05, 3.63) is 53.0 Å². The second-order valence-electron chi connectivity index (χ2n) is 8.68. The number of carbonyl (C=O) groups is 1. The third kappa shape index (κ3) is 4.69. The fourth-order valence-electron chi connectivity index (χ4n) is 4.23. The molecule has 174 valence electrons. The van der Waals surface area contributed by atoms with Gasteiger partial charge in [0, 0.05) is 38.8 Å². The number of amides is 1. The van der Waals surface area contributed by atoms with E-state index in [1.165, 1.54) is 0 Å². The van der Waals surface area contributed by atoms with Gasteiger partial charge < -0.3 is 19.1 Å². The number of nitrogens with zero attached hydrogens (tertiary/aromatic N) is 5. The molecule has 1 fully saturated rings. The zero-order valence-corrected chi connectivity index (χ0v) is 20.0. The maximum atomic E-state index is 13.3. The molecule has 8 heteroatoms. The van der Waals surface area contributed by atoms with Crippen molar-refractivity contribution in [1.82, 2.24) is 20.0 Å². The number of methoxy groups -OCH3 is 1. The van der Waals surface area contributed by atoms with Gasteiger partial charge in [-0.1, -0.05) is 17.3 Å². The molecule has 8 nitrogen and oxygen atoms in total. The van der Waals surface area contributed by atoms with Crippen LogP contribution >= 0.6 is 0 Å². The van der Waals surface area contributed by atoms with Crippen molar-refractivity contribution in [2.75, 3.05) is 32.6 Å². The standard InChI is InChI=1S/C25H31N5O3/c1-16-17(2)28-33-24(16)20-15-26-25(29(3)4)27-23(20)21-7-6-14-30(21)22(31)13-10-18-8-11-19(32-5)12-9-18/h8-9,11-12,15,21H,6-7,10,13-14H2,1-5H3/t21-/m0/s1. The summed E-state index contributed by atoms with van der Waals surface area (Å²) in [7, 11) is 5.47. The number of carbonyl (C=O) groups excluding carboxylic acids is 1. The highest BCUT2D eigenvalue weighted by molar-refractivity contribution is 5.78. The highest BCUT2D eigenvalue weighted by Gasteiger charge is 2.34. The van der Waals surface area contributed by atoms with Crippen molar-refractivity contribution in [2.24, 2.45) is 0 Å². The summed E-state index contributed by atoms with van der Waals surface area (Å²) < 4.78 is 10.9. The quantitative estimate of drug-likeness (QED) is 0.536. The summed E-state index contributed by atoms with van der Waals surface area (Å²) in [6.07, 6.45) is 4.73. The minimum Gasteiger partial charge on any atom is -0.497 e. The summed E-state index contributed by atoms with van der Waals surface area (Å²) in [6, 6.07) is 7.75. The van der Waals surface area contributed by atoms with Gasteiger partial charge in [0.25, 0.3) is 0 Å². The monoisotopic (exact) mass is 449 g/mol. The van der Waals surface area contributed by atoms with Crippen LogP contribution in [0.25, 0.3) is 11.3 Å². The van der Waals surface area contributed by atoms with E-state index in [2.05, 4.69) is 10.1 Å². The smallest absolute Gasteiger partial charge is 0.225 e. The van der Waals surface area contributed by atoms with Crippen molar-refractivity contribution in [1.29, 1.82) is 0 Å². The zero-order valence-electron chi connectivity index (χ0n) is 20.0. The molecule has 1 aromatic carbocycles. The minimum absolute atomic E-state index is 0.116. The molecule has 2 aromatic heterocycles. The Morgan fingerprint density at radius 1 is 1.24 bits per heavy atom. The average Bonchev–Trinajstić information content (AvgIpc) is 3.44. The van der Waals surface area contributed by atoms with Gasteiger partial charge >= 0.3 is 0 Å². The molecular weight excluding hydrogens is 418 g/mol. The lowest BCUT2D eigenvalue weighted by atomic mass is 10.0. The van der Waals surface area contributed by atoms with Crippen LogP contribution in [0.2, 0.25) is 0 Å². The molecule has 1 aliphatic heterocycles. The van der Waals surface area contributed by atoms with E-state index >= 15 is 0 Å². The Labute approximate surface area is 194 Å². The third-order valence-electron chi connectivity index (χ3n) is 6.28. The van der Waals surface area contributed by atoms with Crippen LogP contribution in [0.15, 0.2) is 35.0 Å². The first-order chi connectivity index (χ1) is 15.9. The lowest BCUT2D eigenvalue weighted by molar-refractivity contribution is -0.132. The van der Waals surface area contributed by atoms with E-state index < -0.39 is 0 Å². The summed E-state index contributed by atoms with van der Waals surface area (Å²) in [4.78, 5) is 26.5. The molecule has 0 unspecified atom stereocenters. The van der Waals surface area contributed by atoms with Crippen LogP contribution in [0.1, 0.15) is 47.8 Å². The van der Waals surface area contributed by atoms with Gasteiger partial charge in [0.15, 0.2) is 5.76 Å². The molecule has 0 radical (unpaired) electrons. The summed E-state index contributed by atoms with van der Waals surface area (Å²) in [5, 5.41) is 4.12. The van der Waals surface area contributed by atoms with Crippen molar-refractivity contribution >= 4 is 11.9 Å². The number of rotatable bonds is 7. The molecule has 4 rings (SSSR count). The number of anilines is 1. The fourth-order valence-corrected chi connectivity index (χ4v) is 4.23. The first kappa shape index (κ1) is 22.8. The fraction of sp³-hybridized carbons (Fsp3) is 0.440. The van der Waals surface area contributed by atoms with Gasteiger partial charge in [0.05, 0.1) is 30.1 Å². The van der Waals surface area contributed by atoms with E-state index in [0.29, 0.717) is 24.6 Å². The first-order valence-corrected chi connectivity index (χ1v) is 11.3. The van der Waals surface area contributed by atoms with Crippen molar-refractivity contribution in [2.45, 2.75) is 45.6 Å². The molecule has 0 spiro atoms. The zero-order chi connectivity index (χ0) is 23.5. The lowest BCUT2D eigenvalue weighted by Gasteiger charge is -2.26. The van der Waals surface area contributed by atoms with Crippen molar-refractivity contribution in [3.8, 4) is 17.1 Å². The second-order valence-corrected chi connectivity index (χ2v) is 8.68. The molecule has 3 heterocycles. The van der Waals surface area contributed by atoms with Gasteiger partial charge in [-0.2, -0.15) is 0 Å². The number of benzene rings is 1. The minimum atomic E-state index is -0.116. The van der Waals surface area contributed by atoms with Gasteiger partial charge in [0.2, 0.25) is 11.9 Å². The molecule has 0 N–H and O–H groups in total. The summed E-state index contributed by atoms with van der Waals surface area (Å²) in [6.45, 7) is 4.63. The van der Waals surface area contributed by atoms with Gasteiger partial charge in [-0.15, -0.1) is 0 Å². The maximum absolute atomic E-state index is 13.3. The average molecular weight is 450 g/mol. The normalized spacial score (nSPS) is 15.7. The second kappa shape index (κ2) is 9.60. The molecule has 1 amide bonds. The Morgan fingerprint density at radius 3 is 2.64 bits per heavy atom. The molecule has 0 aliphatic carbocycles. The number of hydrogen-bond acceptors (Lipinski definition) is 7. The molecule has 3 aromatic rings. The van der Waals surface area contributed by atoms with Gasteiger partial charge in [-0.05, 0) is 50.8 Å². The Morgan fingerprint density at radius 2 is 2.00 bits per heavy atom. The number of likely N-dealkylation sites (tertiary alicyclic amines) is 1. The molecular formula is C25H31N5O3. The largest absolute Gasteiger partial charge is 0.497 e. The SMILES string of the molecule is COc1ccc(CCC(=O)N2CCC[C@H]2c2nc(N(C)C)ncc2-c2onc(C)c2C)cc1. The molecule has 1 saturated heterocycles. The maximum Gasteiger partial charge on any atom is 0.225 e. The van der Waals surface area contributed by atoms with Crippen LogP contribution in [0, 0.1) is 13.8 Å². The summed E-state index contributed by atoms with van der Waals surface area (Å²) in [5.74, 6) is 2.23. The van der Waals surface area contributed by atoms with E-state index in [4.69, 9.17) is 14.2 Å². The molecule has 0 saturated carbocycles. The van der Waals surface area contributed by atoms with E-state index in [1.807, 2.05) is 62.0 Å². The highest BCUT2D eigenvalue weighted by Crippen LogP contribution is 2.38. The summed E-state index contributed by atoms with van der Waals surface area (Å²) >= 11 is 0. The molecule has 33 heavy (non-hydrogen) atoms. The predicted molar refractivity (Wildman–Crippen MR) is 126 cm³/mol. The van der Waals surface area contributed by atoms with Gasteiger partial charge in [-0.3, -0.25) is 4.79 Å². The predicted octanol–water partition coefficient (Wildman–Crippen LogP) is 4.12. The van der Waals surface area contributed by atoms with E-state index in [9.17, 15) is 4.79 Å². The lowest BCUT2D eigenvalue weighted by Crippen LogP contribution is -2.32. The highest BCUT2D eigenvalue weighted by atomic mass is 16.5. The Balaban J connectivity index is 1.60. The van der Waals surface area contributed by atoms with Crippen LogP contribution in [0.4, 0.5) is 5.95 Å². The summed E-state index contributed by atoms with van der Waals surface area (Å²) in [5.41, 5.74) is 4.55. The van der Waals surface area contributed by atoms with Gasteiger partial charge in [-0.25, -0.2) is 9.97 Å². The third-order valence-corrected chi connectivity index (χ3v) is 6.28.